The molecular weight excluding hydrogens is 253 g/mol. The molecule has 0 aliphatic carbocycles. The normalized spacial score (nSPS) is 10.4. The number of nitro benzene ring substituents is 1. The number of benzene rings is 1. The molecule has 0 atom stereocenters. The molecule has 0 heterocycles. The maximum absolute atomic E-state index is 13.3. The Morgan fingerprint density at radius 1 is 1.47 bits per heavy atom. The lowest BCUT2D eigenvalue weighted by molar-refractivity contribution is -0.384. The molecule has 2 N–H and O–H groups in total. The van der Waals surface area contributed by atoms with Crippen LogP contribution in [0.25, 0.3) is 0 Å². The fourth-order valence-corrected chi connectivity index (χ4v) is 1.51. The van der Waals surface area contributed by atoms with Gasteiger partial charge in [0, 0.05) is 6.04 Å². The second-order valence-electron chi connectivity index (χ2n) is 4.45. The number of nitro groups is 1. The van der Waals surface area contributed by atoms with Crippen LogP contribution in [0.2, 0.25) is 0 Å². The molecule has 0 aliphatic rings. The number of hydrogen-bond donors (Lipinski definition) is 2. The lowest BCUT2D eigenvalue weighted by Gasteiger charge is -2.11. The fraction of sp³-hybridized carbons (Fsp3) is 0.417. The smallest absolute Gasteiger partial charge is 0.295 e. The third kappa shape index (κ3) is 4.20. The molecule has 0 aromatic heterocycles. The van der Waals surface area contributed by atoms with Crippen LogP contribution < -0.4 is 10.6 Å². The van der Waals surface area contributed by atoms with Crippen LogP contribution in [0.5, 0.6) is 0 Å². The molecule has 0 saturated carbocycles. The number of hydrogen-bond acceptors (Lipinski definition) is 4. The monoisotopic (exact) mass is 269 g/mol. The summed E-state index contributed by atoms with van der Waals surface area (Å²) >= 11 is 0. The summed E-state index contributed by atoms with van der Waals surface area (Å²) in [6.45, 7) is 5.01. The van der Waals surface area contributed by atoms with E-state index in [2.05, 4.69) is 10.6 Å². The number of rotatable bonds is 5. The van der Waals surface area contributed by atoms with Crippen molar-refractivity contribution < 1.29 is 14.1 Å². The lowest BCUT2D eigenvalue weighted by atomic mass is 10.2. The Balaban J connectivity index is 2.85. The van der Waals surface area contributed by atoms with Crippen molar-refractivity contribution in [2.45, 2.75) is 26.8 Å². The van der Waals surface area contributed by atoms with Crippen LogP contribution >= 0.6 is 0 Å². The Bertz CT molecular complexity index is 503. The van der Waals surface area contributed by atoms with E-state index in [1.165, 1.54) is 13.0 Å². The minimum atomic E-state index is -0.689. The summed E-state index contributed by atoms with van der Waals surface area (Å²) in [6, 6.07) is 2.15. The second-order valence-corrected chi connectivity index (χ2v) is 4.45. The number of halogens is 1. The number of nitrogens with one attached hydrogen (secondary N) is 2. The Hall–Kier alpha value is -2.18. The summed E-state index contributed by atoms with van der Waals surface area (Å²) in [5.41, 5.74) is 0.0145. The van der Waals surface area contributed by atoms with Crippen LogP contribution in [0.15, 0.2) is 12.1 Å². The second kappa shape index (κ2) is 6.12. The van der Waals surface area contributed by atoms with E-state index in [1.807, 2.05) is 13.8 Å². The summed E-state index contributed by atoms with van der Waals surface area (Å²) in [4.78, 5) is 21.6. The molecule has 19 heavy (non-hydrogen) atoms. The summed E-state index contributed by atoms with van der Waals surface area (Å²) in [5.74, 6) is -0.935. The van der Waals surface area contributed by atoms with Crippen molar-refractivity contribution in [3.63, 3.8) is 0 Å². The highest BCUT2D eigenvalue weighted by atomic mass is 19.1. The topological polar surface area (TPSA) is 84.3 Å². The summed E-state index contributed by atoms with van der Waals surface area (Å²) in [6.07, 6.45) is 0. The number of nitrogens with zero attached hydrogens (tertiary/aromatic N) is 1. The molecule has 6 nitrogen and oxygen atoms in total. The minimum absolute atomic E-state index is 0.0146. The molecule has 1 aromatic rings. The SMILES string of the molecule is Cc1cc(NCC(=O)NC(C)C)c([N+](=O)[O-])cc1F. The van der Waals surface area contributed by atoms with Crippen molar-refractivity contribution in [3.8, 4) is 0 Å². The number of anilines is 1. The van der Waals surface area contributed by atoms with E-state index in [4.69, 9.17) is 0 Å². The average molecular weight is 269 g/mol. The van der Waals surface area contributed by atoms with Gasteiger partial charge in [0.1, 0.15) is 11.5 Å². The van der Waals surface area contributed by atoms with Gasteiger partial charge in [0.2, 0.25) is 5.91 Å². The predicted molar refractivity (Wildman–Crippen MR) is 69.6 cm³/mol. The number of carbonyl (C=O) groups excluding carboxylic acids is 1. The third-order valence-corrected chi connectivity index (χ3v) is 2.36. The van der Waals surface area contributed by atoms with Gasteiger partial charge >= 0.3 is 0 Å². The molecular formula is C12H16FN3O3. The van der Waals surface area contributed by atoms with E-state index in [9.17, 15) is 19.3 Å². The van der Waals surface area contributed by atoms with Crippen LogP contribution in [-0.4, -0.2) is 23.4 Å². The molecule has 0 saturated heterocycles. The lowest BCUT2D eigenvalue weighted by Crippen LogP contribution is -2.34. The van der Waals surface area contributed by atoms with E-state index in [0.29, 0.717) is 0 Å². The van der Waals surface area contributed by atoms with Gasteiger partial charge in [-0.05, 0) is 32.4 Å². The van der Waals surface area contributed by atoms with Crippen molar-refractivity contribution in [1.29, 1.82) is 0 Å². The van der Waals surface area contributed by atoms with E-state index in [-0.39, 0.29) is 35.4 Å². The van der Waals surface area contributed by atoms with Crippen molar-refractivity contribution in [1.82, 2.24) is 5.32 Å². The van der Waals surface area contributed by atoms with E-state index >= 15 is 0 Å². The largest absolute Gasteiger partial charge is 0.371 e. The van der Waals surface area contributed by atoms with Gasteiger partial charge in [-0.1, -0.05) is 0 Å². The predicted octanol–water partition coefficient (Wildman–Crippen LogP) is 1.98. The van der Waals surface area contributed by atoms with Gasteiger partial charge in [0.15, 0.2) is 0 Å². The van der Waals surface area contributed by atoms with E-state index in [1.54, 1.807) is 0 Å². The van der Waals surface area contributed by atoms with Crippen molar-refractivity contribution in [3.05, 3.63) is 33.6 Å². The van der Waals surface area contributed by atoms with Gasteiger partial charge in [0.05, 0.1) is 17.5 Å². The van der Waals surface area contributed by atoms with Gasteiger partial charge in [-0.15, -0.1) is 0 Å². The standard InChI is InChI=1S/C12H16FN3O3/c1-7(2)15-12(17)6-14-10-4-8(3)9(13)5-11(10)16(18)19/h4-5,7,14H,6H2,1-3H3,(H,15,17). The molecule has 0 fully saturated rings. The number of carbonyl (C=O) groups is 1. The van der Waals surface area contributed by atoms with Crippen LogP contribution in [0, 0.1) is 22.9 Å². The Kier molecular flexibility index (Phi) is 4.80. The van der Waals surface area contributed by atoms with Gasteiger partial charge in [-0.2, -0.15) is 0 Å². The zero-order valence-electron chi connectivity index (χ0n) is 11.0. The van der Waals surface area contributed by atoms with Crippen molar-refractivity contribution in [2.24, 2.45) is 0 Å². The minimum Gasteiger partial charge on any atom is -0.371 e. The van der Waals surface area contributed by atoms with Gasteiger partial charge in [-0.3, -0.25) is 14.9 Å². The van der Waals surface area contributed by atoms with Gasteiger partial charge < -0.3 is 10.6 Å². The van der Waals surface area contributed by atoms with Gasteiger partial charge in [-0.25, -0.2) is 4.39 Å². The fourth-order valence-electron chi connectivity index (χ4n) is 1.51. The molecule has 0 aliphatic heterocycles. The van der Waals surface area contributed by atoms with Crippen LogP contribution in [-0.2, 0) is 4.79 Å². The molecule has 0 unspecified atom stereocenters. The van der Waals surface area contributed by atoms with Crippen molar-refractivity contribution in [2.75, 3.05) is 11.9 Å². The quantitative estimate of drug-likeness (QED) is 0.632. The first-order valence-corrected chi connectivity index (χ1v) is 5.79. The maximum Gasteiger partial charge on any atom is 0.295 e. The third-order valence-electron chi connectivity index (χ3n) is 2.36. The number of amides is 1. The molecule has 0 bridgehead atoms. The van der Waals surface area contributed by atoms with Crippen LogP contribution in [0.1, 0.15) is 19.4 Å². The van der Waals surface area contributed by atoms with E-state index < -0.39 is 10.7 Å². The first-order chi connectivity index (χ1) is 8.81. The molecule has 1 amide bonds. The highest BCUT2D eigenvalue weighted by molar-refractivity contribution is 5.82. The molecule has 7 heteroatoms. The first-order valence-electron chi connectivity index (χ1n) is 5.79. The Morgan fingerprint density at radius 3 is 2.63 bits per heavy atom. The molecule has 1 aromatic carbocycles. The van der Waals surface area contributed by atoms with Crippen molar-refractivity contribution >= 4 is 17.3 Å². The summed E-state index contributed by atoms with van der Waals surface area (Å²) < 4.78 is 13.3. The zero-order chi connectivity index (χ0) is 14.6. The molecule has 0 spiro atoms. The van der Waals surface area contributed by atoms with Gasteiger partial charge in [0.25, 0.3) is 5.69 Å². The first kappa shape index (κ1) is 14.9. The Morgan fingerprint density at radius 2 is 2.11 bits per heavy atom. The zero-order valence-corrected chi connectivity index (χ0v) is 11.0. The summed E-state index contributed by atoms with van der Waals surface area (Å²) in [5, 5.41) is 16.1. The highest BCUT2D eigenvalue weighted by Gasteiger charge is 2.17. The Labute approximate surface area is 110 Å². The number of aryl methyl sites for hydroxylation is 1. The average Bonchev–Trinajstić information content (AvgIpc) is 2.29. The van der Waals surface area contributed by atoms with Crippen LogP contribution in [0.4, 0.5) is 15.8 Å². The molecule has 1 rings (SSSR count). The molecule has 104 valence electrons. The maximum atomic E-state index is 13.3. The van der Waals surface area contributed by atoms with E-state index in [0.717, 1.165) is 6.07 Å². The highest BCUT2D eigenvalue weighted by Crippen LogP contribution is 2.27. The summed E-state index contributed by atoms with van der Waals surface area (Å²) in [7, 11) is 0. The molecule has 0 radical (unpaired) electrons. The van der Waals surface area contributed by atoms with Crippen LogP contribution in [0.3, 0.4) is 0 Å².